The molecule has 0 aliphatic rings. The van der Waals surface area contributed by atoms with E-state index in [1.807, 2.05) is 0 Å². The summed E-state index contributed by atoms with van der Waals surface area (Å²) in [6.45, 7) is 1.53. The predicted molar refractivity (Wildman–Crippen MR) is 93.7 cm³/mol. The van der Waals surface area contributed by atoms with E-state index in [0.29, 0.717) is 24.0 Å². The van der Waals surface area contributed by atoms with Crippen LogP contribution in [-0.4, -0.2) is 23.5 Å². The monoisotopic (exact) mass is 361 g/mol. The van der Waals surface area contributed by atoms with E-state index < -0.39 is 23.0 Å². The molecule has 2 aromatic carbocycles. The van der Waals surface area contributed by atoms with Gasteiger partial charge >= 0.3 is 5.97 Å². The number of halogens is 2. The molecular weight excluding hydrogens is 340 g/mol. The Morgan fingerprint density at radius 3 is 2.38 bits per heavy atom. The van der Waals surface area contributed by atoms with Gasteiger partial charge in [-0.1, -0.05) is 36.4 Å². The molecule has 0 aliphatic carbocycles. The van der Waals surface area contributed by atoms with Gasteiger partial charge in [0, 0.05) is 13.0 Å². The summed E-state index contributed by atoms with van der Waals surface area (Å²) in [6, 6.07) is 12.4. The lowest BCUT2D eigenvalue weighted by atomic mass is 9.82. The number of aliphatic carboxylic acids is 1. The van der Waals surface area contributed by atoms with E-state index >= 15 is 0 Å². The van der Waals surface area contributed by atoms with Crippen molar-refractivity contribution in [3.8, 4) is 0 Å². The highest BCUT2D eigenvalue weighted by molar-refractivity contribution is 5.83. The number of nitrogens with one attached hydrogen (secondary N) is 1. The standard InChI is InChI=1S/C20H21F2NO3/c1-20(19(25)26,15-7-3-2-4-8-15)13-23-18(24)9-5-6-14-10-11-16(21)17(22)12-14/h2-4,7-8,10-12H,5-6,9,13H2,1H3,(H,23,24)(H,25,26). The van der Waals surface area contributed by atoms with E-state index in [4.69, 9.17) is 0 Å². The number of carboxylic acids is 1. The summed E-state index contributed by atoms with van der Waals surface area (Å²) in [4.78, 5) is 23.7. The van der Waals surface area contributed by atoms with E-state index in [1.54, 1.807) is 37.3 Å². The van der Waals surface area contributed by atoms with Crippen molar-refractivity contribution in [1.82, 2.24) is 5.32 Å². The van der Waals surface area contributed by atoms with E-state index in [9.17, 15) is 23.5 Å². The first-order valence-electron chi connectivity index (χ1n) is 8.32. The van der Waals surface area contributed by atoms with Crippen LogP contribution in [0.15, 0.2) is 48.5 Å². The second kappa shape index (κ2) is 8.56. The van der Waals surface area contributed by atoms with Crippen LogP contribution in [0.5, 0.6) is 0 Å². The molecule has 0 aliphatic heterocycles. The van der Waals surface area contributed by atoms with Crippen LogP contribution in [0.2, 0.25) is 0 Å². The highest BCUT2D eigenvalue weighted by Crippen LogP contribution is 2.23. The van der Waals surface area contributed by atoms with Gasteiger partial charge in [0.1, 0.15) is 5.41 Å². The van der Waals surface area contributed by atoms with Crippen LogP contribution in [-0.2, 0) is 21.4 Å². The van der Waals surface area contributed by atoms with E-state index in [1.165, 1.54) is 6.07 Å². The first kappa shape index (κ1) is 19.6. The lowest BCUT2D eigenvalue weighted by Gasteiger charge is -2.25. The van der Waals surface area contributed by atoms with Crippen molar-refractivity contribution in [2.75, 3.05) is 6.54 Å². The zero-order chi connectivity index (χ0) is 19.2. The number of aryl methyl sites for hydroxylation is 1. The second-order valence-corrected chi connectivity index (χ2v) is 6.38. The smallest absolute Gasteiger partial charge is 0.315 e. The summed E-state index contributed by atoms with van der Waals surface area (Å²) in [5, 5.41) is 12.2. The zero-order valence-electron chi connectivity index (χ0n) is 14.5. The van der Waals surface area contributed by atoms with Gasteiger partial charge in [0.05, 0.1) is 0 Å². The Balaban J connectivity index is 1.86. The Bertz CT molecular complexity index is 780. The molecule has 0 heterocycles. The van der Waals surface area contributed by atoms with Crippen molar-refractivity contribution < 1.29 is 23.5 Å². The van der Waals surface area contributed by atoms with Crippen molar-refractivity contribution in [1.29, 1.82) is 0 Å². The molecule has 2 N–H and O–H groups in total. The number of carbonyl (C=O) groups excluding carboxylic acids is 1. The van der Waals surface area contributed by atoms with Crippen molar-refractivity contribution in [3.63, 3.8) is 0 Å². The van der Waals surface area contributed by atoms with Gasteiger partial charge in [-0.2, -0.15) is 0 Å². The van der Waals surface area contributed by atoms with Gasteiger partial charge in [0.2, 0.25) is 5.91 Å². The number of carboxylic acid groups (broad SMARTS) is 1. The molecule has 1 amide bonds. The summed E-state index contributed by atoms with van der Waals surface area (Å²) >= 11 is 0. The molecule has 0 aromatic heterocycles. The maximum atomic E-state index is 13.1. The van der Waals surface area contributed by atoms with Crippen molar-refractivity contribution in [3.05, 3.63) is 71.3 Å². The van der Waals surface area contributed by atoms with Crippen LogP contribution in [0.4, 0.5) is 8.78 Å². The van der Waals surface area contributed by atoms with Crippen molar-refractivity contribution in [2.45, 2.75) is 31.6 Å². The molecule has 0 fully saturated rings. The lowest BCUT2D eigenvalue weighted by molar-refractivity contribution is -0.143. The van der Waals surface area contributed by atoms with E-state index in [-0.39, 0.29) is 18.9 Å². The summed E-state index contributed by atoms with van der Waals surface area (Å²) in [5.74, 6) is -3.12. The van der Waals surface area contributed by atoms with Gasteiger partial charge in [0.25, 0.3) is 0 Å². The molecule has 6 heteroatoms. The molecule has 4 nitrogen and oxygen atoms in total. The number of carbonyl (C=O) groups is 2. The van der Waals surface area contributed by atoms with E-state index in [2.05, 4.69) is 5.32 Å². The highest BCUT2D eigenvalue weighted by atomic mass is 19.2. The summed E-state index contributed by atoms with van der Waals surface area (Å²) in [7, 11) is 0. The molecule has 1 atom stereocenters. The average molecular weight is 361 g/mol. The average Bonchev–Trinajstić information content (AvgIpc) is 2.63. The molecule has 0 bridgehead atoms. The van der Waals surface area contributed by atoms with Crippen LogP contribution < -0.4 is 5.32 Å². The van der Waals surface area contributed by atoms with Crippen LogP contribution in [0, 0.1) is 11.6 Å². The third-order valence-electron chi connectivity index (χ3n) is 4.38. The molecule has 138 valence electrons. The quantitative estimate of drug-likeness (QED) is 0.757. The van der Waals surface area contributed by atoms with Crippen LogP contribution in [0.3, 0.4) is 0 Å². The maximum absolute atomic E-state index is 13.1. The zero-order valence-corrected chi connectivity index (χ0v) is 14.5. The van der Waals surface area contributed by atoms with Crippen molar-refractivity contribution >= 4 is 11.9 Å². The third-order valence-corrected chi connectivity index (χ3v) is 4.38. The Hall–Kier alpha value is -2.76. The molecule has 26 heavy (non-hydrogen) atoms. The number of benzene rings is 2. The fourth-order valence-electron chi connectivity index (χ4n) is 2.62. The van der Waals surface area contributed by atoms with Gasteiger partial charge in [-0.25, -0.2) is 8.78 Å². The van der Waals surface area contributed by atoms with Gasteiger partial charge in [-0.3, -0.25) is 9.59 Å². The lowest BCUT2D eigenvalue weighted by Crippen LogP contribution is -2.44. The first-order valence-corrected chi connectivity index (χ1v) is 8.32. The Labute approximate surface area is 150 Å². The minimum atomic E-state index is -1.23. The largest absolute Gasteiger partial charge is 0.481 e. The Kier molecular flexibility index (Phi) is 6.44. The number of hydrogen-bond acceptors (Lipinski definition) is 2. The number of rotatable bonds is 8. The summed E-state index contributed by atoms with van der Waals surface area (Å²) < 4.78 is 26.0. The number of hydrogen-bond donors (Lipinski definition) is 2. The van der Waals surface area contributed by atoms with Gasteiger partial charge in [0.15, 0.2) is 11.6 Å². The van der Waals surface area contributed by atoms with Gasteiger partial charge in [-0.05, 0) is 43.0 Å². The fourth-order valence-corrected chi connectivity index (χ4v) is 2.62. The Morgan fingerprint density at radius 2 is 1.77 bits per heavy atom. The maximum Gasteiger partial charge on any atom is 0.315 e. The van der Waals surface area contributed by atoms with Crippen molar-refractivity contribution in [2.24, 2.45) is 0 Å². The van der Waals surface area contributed by atoms with Gasteiger partial charge in [-0.15, -0.1) is 0 Å². The normalized spacial score (nSPS) is 13.0. The van der Waals surface area contributed by atoms with Gasteiger partial charge < -0.3 is 10.4 Å². The molecule has 0 spiro atoms. The number of amides is 1. The van der Waals surface area contributed by atoms with E-state index in [0.717, 1.165) is 12.1 Å². The third kappa shape index (κ3) is 4.88. The summed E-state index contributed by atoms with van der Waals surface area (Å²) in [6.07, 6.45) is 1.05. The topological polar surface area (TPSA) is 66.4 Å². The van der Waals surface area contributed by atoms with Crippen LogP contribution in [0.25, 0.3) is 0 Å². The van der Waals surface area contributed by atoms with Crippen LogP contribution >= 0.6 is 0 Å². The predicted octanol–water partition coefficient (Wildman–Crippen LogP) is 3.45. The fraction of sp³-hybridized carbons (Fsp3) is 0.300. The van der Waals surface area contributed by atoms with Crippen LogP contribution in [0.1, 0.15) is 30.9 Å². The minimum Gasteiger partial charge on any atom is -0.481 e. The molecule has 0 saturated heterocycles. The molecular formula is C20H21F2NO3. The highest BCUT2D eigenvalue weighted by Gasteiger charge is 2.35. The molecule has 2 aromatic rings. The minimum absolute atomic E-state index is 0.0314. The molecule has 0 radical (unpaired) electrons. The Morgan fingerprint density at radius 1 is 1.08 bits per heavy atom. The first-order chi connectivity index (χ1) is 12.3. The summed E-state index contributed by atoms with van der Waals surface area (Å²) in [5.41, 5.74) is -0.0114. The SMILES string of the molecule is CC(CNC(=O)CCCc1ccc(F)c(F)c1)(C(=O)O)c1ccccc1. The molecule has 1 unspecified atom stereocenters. The second-order valence-electron chi connectivity index (χ2n) is 6.38. The molecule has 0 saturated carbocycles. The molecule has 2 rings (SSSR count).